The van der Waals surface area contributed by atoms with E-state index in [0.29, 0.717) is 16.6 Å². The van der Waals surface area contributed by atoms with Gasteiger partial charge in [-0.1, -0.05) is 65.7 Å². The van der Waals surface area contributed by atoms with Crippen molar-refractivity contribution in [3.8, 4) is 11.1 Å². The first-order valence-corrected chi connectivity index (χ1v) is 9.00. The van der Waals surface area contributed by atoms with E-state index in [0.717, 1.165) is 27.6 Å². The van der Waals surface area contributed by atoms with Crippen LogP contribution in [0, 0.1) is 0 Å². The quantitative estimate of drug-likeness (QED) is 0.426. The van der Waals surface area contributed by atoms with E-state index in [1.807, 2.05) is 72.8 Å². The number of pyridine rings is 1. The zero-order valence-electron chi connectivity index (χ0n) is 13.8. The molecule has 0 N–H and O–H groups in total. The molecule has 128 valence electrons. The fraction of sp³-hybridized carbons (Fsp3) is 0.0455. The zero-order chi connectivity index (χ0) is 18.1. The van der Waals surface area contributed by atoms with Crippen molar-refractivity contribution in [2.24, 2.45) is 0 Å². The van der Waals surface area contributed by atoms with E-state index in [4.69, 9.17) is 23.2 Å². The minimum absolute atomic E-state index is 0.0476. The molecule has 0 saturated heterocycles. The maximum absolute atomic E-state index is 12.9. The summed E-state index contributed by atoms with van der Waals surface area (Å²) in [5.74, 6) is 0. The average molecular weight is 380 g/mol. The Kier molecular flexibility index (Phi) is 4.54. The number of benzene rings is 3. The molecule has 2 nitrogen and oxygen atoms in total. The normalized spacial score (nSPS) is 11.0. The van der Waals surface area contributed by atoms with Gasteiger partial charge in [0.15, 0.2) is 0 Å². The van der Waals surface area contributed by atoms with Crippen LogP contribution in [0.1, 0.15) is 5.56 Å². The van der Waals surface area contributed by atoms with Gasteiger partial charge in [-0.25, -0.2) is 0 Å². The van der Waals surface area contributed by atoms with Crippen LogP contribution in [0.15, 0.2) is 83.7 Å². The van der Waals surface area contributed by atoms with Gasteiger partial charge < -0.3 is 4.57 Å². The predicted molar refractivity (Wildman–Crippen MR) is 109 cm³/mol. The van der Waals surface area contributed by atoms with Gasteiger partial charge >= 0.3 is 0 Å². The standard InChI is InChI=1S/C22H15Cl2NO/c23-17-8-6-16(7-9-17)19-13-22(26)25(14-15-4-2-1-3-5-15)21-11-10-18(24)12-20(19)21/h1-13H,14H2. The molecule has 0 bridgehead atoms. The third-order valence-corrected chi connectivity index (χ3v) is 4.90. The van der Waals surface area contributed by atoms with Gasteiger partial charge in [-0.05, 0) is 47.0 Å². The van der Waals surface area contributed by atoms with E-state index in [9.17, 15) is 4.79 Å². The van der Waals surface area contributed by atoms with Crippen molar-refractivity contribution in [1.82, 2.24) is 4.57 Å². The molecule has 4 rings (SSSR count). The summed E-state index contributed by atoms with van der Waals surface area (Å²) in [4.78, 5) is 12.9. The Morgan fingerprint density at radius 1 is 0.769 bits per heavy atom. The number of aromatic nitrogens is 1. The van der Waals surface area contributed by atoms with E-state index < -0.39 is 0 Å². The molecule has 0 aliphatic heterocycles. The van der Waals surface area contributed by atoms with Crippen molar-refractivity contribution in [3.05, 3.63) is 105 Å². The molecule has 0 atom stereocenters. The summed E-state index contributed by atoms with van der Waals surface area (Å²) >= 11 is 12.2. The lowest BCUT2D eigenvalue weighted by atomic mass is 10.0. The van der Waals surface area contributed by atoms with Crippen LogP contribution in [-0.2, 0) is 6.54 Å². The summed E-state index contributed by atoms with van der Waals surface area (Å²) in [6, 6.07) is 24.7. The summed E-state index contributed by atoms with van der Waals surface area (Å²) in [5, 5.41) is 2.24. The second-order valence-corrected chi connectivity index (χ2v) is 7.01. The van der Waals surface area contributed by atoms with Crippen molar-refractivity contribution < 1.29 is 0 Å². The van der Waals surface area contributed by atoms with Gasteiger partial charge in [0.2, 0.25) is 0 Å². The third kappa shape index (κ3) is 3.26. The fourth-order valence-electron chi connectivity index (χ4n) is 3.15. The molecular weight excluding hydrogens is 365 g/mol. The number of hydrogen-bond donors (Lipinski definition) is 0. The van der Waals surface area contributed by atoms with E-state index in [-0.39, 0.29) is 5.56 Å². The van der Waals surface area contributed by atoms with Crippen LogP contribution in [0.4, 0.5) is 0 Å². The smallest absolute Gasteiger partial charge is 0.251 e. The lowest BCUT2D eigenvalue weighted by Crippen LogP contribution is -2.20. The minimum atomic E-state index is -0.0476. The van der Waals surface area contributed by atoms with Gasteiger partial charge in [0, 0.05) is 21.5 Å². The number of halogens is 2. The second-order valence-electron chi connectivity index (χ2n) is 6.14. The monoisotopic (exact) mass is 379 g/mol. The van der Waals surface area contributed by atoms with Crippen molar-refractivity contribution in [2.75, 3.05) is 0 Å². The molecule has 0 aliphatic rings. The third-order valence-electron chi connectivity index (χ3n) is 4.41. The van der Waals surface area contributed by atoms with Crippen LogP contribution >= 0.6 is 23.2 Å². The highest BCUT2D eigenvalue weighted by atomic mass is 35.5. The molecule has 0 aliphatic carbocycles. The van der Waals surface area contributed by atoms with Crippen LogP contribution in [0.3, 0.4) is 0 Å². The van der Waals surface area contributed by atoms with Crippen LogP contribution in [-0.4, -0.2) is 4.57 Å². The summed E-state index contributed by atoms with van der Waals surface area (Å²) in [5.41, 5.74) is 3.67. The predicted octanol–water partition coefficient (Wildman–Crippen LogP) is 6.02. The number of rotatable bonds is 3. The average Bonchev–Trinajstić information content (AvgIpc) is 2.65. The van der Waals surface area contributed by atoms with Crippen molar-refractivity contribution in [2.45, 2.75) is 6.54 Å². The van der Waals surface area contributed by atoms with Gasteiger partial charge in [-0.2, -0.15) is 0 Å². The molecule has 1 aromatic heterocycles. The molecule has 0 unspecified atom stereocenters. The van der Waals surface area contributed by atoms with Crippen molar-refractivity contribution in [1.29, 1.82) is 0 Å². The Bertz CT molecular complexity index is 1130. The molecule has 4 aromatic rings. The highest BCUT2D eigenvalue weighted by Gasteiger charge is 2.11. The molecule has 26 heavy (non-hydrogen) atoms. The van der Waals surface area contributed by atoms with Gasteiger partial charge in [0.05, 0.1) is 12.1 Å². The Balaban J connectivity index is 1.96. The van der Waals surface area contributed by atoms with Gasteiger partial charge in [-0.3, -0.25) is 4.79 Å². The summed E-state index contributed by atoms with van der Waals surface area (Å²) in [6.45, 7) is 0.513. The van der Waals surface area contributed by atoms with Gasteiger partial charge in [0.1, 0.15) is 0 Å². The first-order valence-electron chi connectivity index (χ1n) is 8.25. The Morgan fingerprint density at radius 3 is 2.19 bits per heavy atom. The van der Waals surface area contributed by atoms with Crippen LogP contribution in [0.25, 0.3) is 22.0 Å². The Morgan fingerprint density at radius 2 is 1.46 bits per heavy atom. The lowest BCUT2D eigenvalue weighted by Gasteiger charge is -2.14. The van der Waals surface area contributed by atoms with Crippen molar-refractivity contribution >= 4 is 34.1 Å². The summed E-state index contributed by atoms with van der Waals surface area (Å²) < 4.78 is 1.78. The first-order chi connectivity index (χ1) is 12.6. The molecule has 0 fully saturated rings. The molecule has 1 heterocycles. The number of fused-ring (bicyclic) bond motifs is 1. The SMILES string of the molecule is O=c1cc(-c2ccc(Cl)cc2)c2cc(Cl)ccc2n1Cc1ccccc1. The maximum Gasteiger partial charge on any atom is 0.251 e. The van der Waals surface area contributed by atoms with Gasteiger partial charge in [0.25, 0.3) is 5.56 Å². The first kappa shape index (κ1) is 16.9. The number of hydrogen-bond acceptors (Lipinski definition) is 1. The summed E-state index contributed by atoms with van der Waals surface area (Å²) in [7, 11) is 0. The van der Waals surface area contributed by atoms with Crippen LogP contribution in [0.2, 0.25) is 10.0 Å². The van der Waals surface area contributed by atoms with E-state index in [1.54, 1.807) is 10.6 Å². The molecule has 0 saturated carbocycles. The minimum Gasteiger partial charge on any atom is -0.304 e. The highest BCUT2D eigenvalue weighted by molar-refractivity contribution is 6.31. The zero-order valence-corrected chi connectivity index (χ0v) is 15.3. The maximum atomic E-state index is 12.9. The Hall–Kier alpha value is -2.55. The van der Waals surface area contributed by atoms with Crippen LogP contribution in [0.5, 0.6) is 0 Å². The topological polar surface area (TPSA) is 22.0 Å². The largest absolute Gasteiger partial charge is 0.304 e. The molecule has 3 aromatic carbocycles. The molecule has 4 heteroatoms. The van der Waals surface area contributed by atoms with E-state index in [1.165, 1.54) is 0 Å². The fourth-order valence-corrected chi connectivity index (χ4v) is 3.45. The van der Waals surface area contributed by atoms with Gasteiger partial charge in [-0.15, -0.1) is 0 Å². The Labute approximate surface area is 161 Å². The lowest BCUT2D eigenvalue weighted by molar-refractivity contribution is 0.795. The van der Waals surface area contributed by atoms with Crippen LogP contribution < -0.4 is 5.56 Å². The molecule has 0 spiro atoms. The van der Waals surface area contributed by atoms with Crippen molar-refractivity contribution in [3.63, 3.8) is 0 Å². The highest BCUT2D eigenvalue weighted by Crippen LogP contribution is 2.30. The molecule has 0 radical (unpaired) electrons. The van der Waals surface area contributed by atoms with E-state index >= 15 is 0 Å². The second kappa shape index (κ2) is 6.99. The molecule has 0 amide bonds. The summed E-state index contributed by atoms with van der Waals surface area (Å²) in [6.07, 6.45) is 0. The number of nitrogens with zero attached hydrogens (tertiary/aromatic N) is 1. The molecular formula is C22H15Cl2NO. The van der Waals surface area contributed by atoms with E-state index in [2.05, 4.69) is 0 Å².